The molecule has 7 aliphatic heterocycles. The van der Waals surface area contributed by atoms with Crippen molar-refractivity contribution in [1.29, 1.82) is 0 Å². The first-order valence-electron chi connectivity index (χ1n) is 36.8. The lowest BCUT2D eigenvalue weighted by Gasteiger charge is -2.71. The highest BCUT2D eigenvalue weighted by Gasteiger charge is 2.73. The molecule has 4 saturated carbocycles. The molecule has 0 aromatic heterocycles. The molecule has 34 heteroatoms. The van der Waals surface area contributed by atoms with Gasteiger partial charge in [-0.1, -0.05) is 60.1 Å². The first-order chi connectivity index (χ1) is 48.7. The van der Waals surface area contributed by atoms with E-state index in [9.17, 15) is 97.0 Å². The second kappa shape index (κ2) is 30.5. The van der Waals surface area contributed by atoms with E-state index in [1.165, 1.54) is 20.8 Å². The van der Waals surface area contributed by atoms with E-state index >= 15 is 4.79 Å². The van der Waals surface area contributed by atoms with E-state index in [1.807, 2.05) is 0 Å². The molecular weight excluding hydrogens is 1380 g/mol. The van der Waals surface area contributed by atoms with Crippen molar-refractivity contribution in [3.63, 3.8) is 0 Å². The summed E-state index contributed by atoms with van der Waals surface area (Å²) in [6.07, 6.45) is -49.4. The van der Waals surface area contributed by atoms with Gasteiger partial charge in [-0.15, -0.1) is 0 Å². The van der Waals surface area contributed by atoms with Crippen LogP contribution < -0.4 is 0 Å². The molecule has 12 rings (SSSR count). The Labute approximate surface area is 602 Å². The smallest absolute Gasteiger partial charge is 0.317 e. The van der Waals surface area contributed by atoms with Crippen LogP contribution in [0, 0.1) is 50.2 Å². The van der Waals surface area contributed by atoms with Gasteiger partial charge in [0.2, 0.25) is 6.29 Å². The Morgan fingerprint density at radius 2 is 0.971 bits per heavy atom. The SMILES string of the molecule is CC1OC(OC2C(C)OC(OC3C(O)C(COC4OCC(O)C(O)C4O)OC(OC4CCC5(C)C(CCC6(C)C5CC=C5C7CC(C)(C)CCC7(C(=O)OC7OCC(O)C(O)C7OC7OC(C)C(OC8OC(CO)C(O)C(O)C8O)C(O)C7O)C(O)CC56C)C4(C)C)C3O)C(O)C2O)C(O)C(O)C1O. The minimum Gasteiger partial charge on any atom is -0.432 e. The summed E-state index contributed by atoms with van der Waals surface area (Å²) in [4.78, 5) is 15.6. The van der Waals surface area contributed by atoms with Crippen LogP contribution >= 0.6 is 0 Å². The monoisotopic (exact) mass is 1500 g/mol. The lowest BCUT2D eigenvalue weighted by molar-refractivity contribution is -0.382. The summed E-state index contributed by atoms with van der Waals surface area (Å²) >= 11 is 0. The molecule has 12 aliphatic rings. The summed E-state index contributed by atoms with van der Waals surface area (Å²) in [6, 6.07) is 0. The number of hydrogen-bond acceptors (Lipinski definition) is 34. The van der Waals surface area contributed by atoms with Crippen LogP contribution in [-0.2, 0) is 71.1 Å². The molecule has 19 N–H and O–H groups in total. The Morgan fingerprint density at radius 1 is 0.462 bits per heavy atom. The first kappa shape index (κ1) is 81.4. The second-order valence-corrected chi connectivity index (χ2v) is 33.9. The number of rotatable bonds is 16. The molecule has 42 atom stereocenters. The van der Waals surface area contributed by atoms with Crippen LogP contribution in [0.4, 0.5) is 0 Å². The van der Waals surface area contributed by atoms with Gasteiger partial charge in [0.05, 0.1) is 56.9 Å². The highest BCUT2D eigenvalue weighted by Crippen LogP contribution is 2.76. The number of carbonyl (C=O) groups is 1. The molecule has 34 nitrogen and oxygen atoms in total. The molecule has 5 aliphatic carbocycles. The Morgan fingerprint density at radius 3 is 1.58 bits per heavy atom. The average Bonchev–Trinajstić information content (AvgIpc) is 0.691. The molecule has 0 aromatic rings. The first-order valence-corrected chi connectivity index (χ1v) is 36.8. The topological polar surface area (TPSA) is 531 Å². The van der Waals surface area contributed by atoms with E-state index in [2.05, 4.69) is 54.5 Å². The quantitative estimate of drug-likeness (QED) is 0.0390. The summed E-state index contributed by atoms with van der Waals surface area (Å²) in [5.41, 5.74) is -3.14. The number of esters is 1. The summed E-state index contributed by atoms with van der Waals surface area (Å²) in [7, 11) is 0. The maximum atomic E-state index is 15.6. The summed E-state index contributed by atoms with van der Waals surface area (Å²) in [5.74, 6) is -1.46. The van der Waals surface area contributed by atoms with Gasteiger partial charge in [-0.2, -0.15) is 0 Å². The van der Waals surface area contributed by atoms with Gasteiger partial charge in [0.1, 0.15) is 140 Å². The van der Waals surface area contributed by atoms with Gasteiger partial charge in [-0.3, -0.25) is 4.79 Å². The van der Waals surface area contributed by atoms with Crippen LogP contribution in [-0.4, -0.2) is 344 Å². The average molecular weight is 1500 g/mol. The largest absolute Gasteiger partial charge is 0.432 e. The van der Waals surface area contributed by atoms with E-state index in [0.717, 1.165) is 5.57 Å². The summed E-state index contributed by atoms with van der Waals surface area (Å²) in [6.45, 7) is 17.2. The third-order valence-electron chi connectivity index (χ3n) is 26.9. The van der Waals surface area contributed by atoms with Gasteiger partial charge in [-0.05, 0) is 123 Å². The van der Waals surface area contributed by atoms with Crippen LogP contribution in [0.2, 0.25) is 0 Å². The highest BCUT2D eigenvalue weighted by atomic mass is 16.8. The lowest BCUT2D eigenvalue weighted by Crippen LogP contribution is -2.68. The van der Waals surface area contributed by atoms with Gasteiger partial charge in [-0.25, -0.2) is 0 Å². The van der Waals surface area contributed by atoms with Gasteiger partial charge in [0, 0.05) is 0 Å². The molecule has 7 heterocycles. The number of aliphatic hydroxyl groups excluding tert-OH is 19. The molecule has 0 radical (unpaired) electrons. The molecule has 0 spiro atoms. The minimum absolute atomic E-state index is 0.00320. The molecule has 104 heavy (non-hydrogen) atoms. The Kier molecular flexibility index (Phi) is 23.8. The number of carbonyl (C=O) groups excluding carboxylic acids is 1. The van der Waals surface area contributed by atoms with Crippen molar-refractivity contribution in [3.8, 4) is 0 Å². The standard InChI is InChI=1S/C70H114O34/c1-25-38(75)43(80)48(85)58(94-25)100-53-26(2)95-59(50(87)45(53)82)102-55-42(79)33(24-93-57-47(84)39(76)30(72)22-91-57)98-62(52(55)89)99-37-14-15-67(8)34(66(37,6)7)13-16-68(9)35(67)12-11-28-29-19-65(4,5)17-18-70(29,36(74)20-69(28,68)10)64(90)104-63-56(40(77)31(73)23-92-63)103-60-51(88)46(83)54(27(3)96-60)101-61-49(86)44(81)41(78)32(21-71)97-61/h11,25-27,29-63,71-89H,12-24H2,1-10H3. The van der Waals surface area contributed by atoms with Gasteiger partial charge >= 0.3 is 5.97 Å². The van der Waals surface area contributed by atoms with E-state index in [1.54, 1.807) is 0 Å². The van der Waals surface area contributed by atoms with Crippen LogP contribution in [0.5, 0.6) is 0 Å². The van der Waals surface area contributed by atoms with Gasteiger partial charge < -0.3 is 163 Å². The maximum absolute atomic E-state index is 15.6. The number of ether oxygens (including phenoxy) is 14. The van der Waals surface area contributed by atoms with E-state index in [4.69, 9.17) is 66.3 Å². The molecule has 0 bridgehead atoms. The van der Waals surface area contributed by atoms with Crippen LogP contribution in [0.25, 0.3) is 0 Å². The summed E-state index contributed by atoms with van der Waals surface area (Å²) in [5, 5.41) is 210. The van der Waals surface area contributed by atoms with Crippen molar-refractivity contribution in [2.75, 3.05) is 26.4 Å². The molecule has 11 fully saturated rings. The Balaban J connectivity index is 0.754. The van der Waals surface area contributed by atoms with Gasteiger partial charge in [0.15, 0.2) is 43.8 Å². The number of hydrogen-bond donors (Lipinski definition) is 19. The maximum Gasteiger partial charge on any atom is 0.317 e. The number of aliphatic hydroxyl groups is 19. The number of allylic oxidation sites excluding steroid dienone is 2. The minimum atomic E-state index is -1.98. The van der Waals surface area contributed by atoms with Crippen molar-refractivity contribution < 1.29 is 168 Å². The third-order valence-corrected chi connectivity index (χ3v) is 26.9. The second-order valence-electron chi connectivity index (χ2n) is 33.9. The van der Waals surface area contributed by atoms with E-state index < -0.39 is 280 Å². The zero-order chi connectivity index (χ0) is 75.9. The predicted molar refractivity (Wildman–Crippen MR) is 346 cm³/mol. The molecular formula is C70H114O34. The third kappa shape index (κ3) is 14.0. The van der Waals surface area contributed by atoms with E-state index in [-0.39, 0.29) is 30.1 Å². The van der Waals surface area contributed by atoms with Crippen molar-refractivity contribution in [2.24, 2.45) is 50.2 Å². The number of fused-ring (bicyclic) bond motifs is 7. The van der Waals surface area contributed by atoms with Gasteiger partial charge in [0.25, 0.3) is 0 Å². The fourth-order valence-corrected chi connectivity index (χ4v) is 20.3. The lowest BCUT2D eigenvalue weighted by atomic mass is 9.33. The molecule has 7 saturated heterocycles. The molecule has 0 aromatic carbocycles. The van der Waals surface area contributed by atoms with Crippen molar-refractivity contribution in [3.05, 3.63) is 11.6 Å². The Hall–Kier alpha value is -2.07. The zero-order valence-electron chi connectivity index (χ0n) is 60.3. The highest BCUT2D eigenvalue weighted by molar-refractivity contribution is 5.80. The Bertz CT molecular complexity index is 2970. The van der Waals surface area contributed by atoms with E-state index in [0.29, 0.717) is 44.9 Å². The summed E-state index contributed by atoms with van der Waals surface area (Å²) < 4.78 is 84.0. The zero-order valence-corrected chi connectivity index (χ0v) is 60.3. The molecule has 598 valence electrons. The van der Waals surface area contributed by atoms with Crippen LogP contribution in [0.15, 0.2) is 11.6 Å². The fourth-order valence-electron chi connectivity index (χ4n) is 20.3. The molecule has 0 amide bonds. The van der Waals surface area contributed by atoms with Crippen molar-refractivity contribution >= 4 is 5.97 Å². The van der Waals surface area contributed by atoms with Crippen molar-refractivity contribution in [2.45, 2.75) is 342 Å². The van der Waals surface area contributed by atoms with Crippen LogP contribution in [0.3, 0.4) is 0 Å². The fraction of sp³-hybridized carbons (Fsp3) is 0.957. The molecule has 42 unspecified atom stereocenters. The normalized spacial score (nSPS) is 55.4. The van der Waals surface area contributed by atoms with Crippen LogP contribution in [0.1, 0.15) is 127 Å². The van der Waals surface area contributed by atoms with Crippen molar-refractivity contribution in [1.82, 2.24) is 0 Å². The predicted octanol–water partition coefficient (Wildman–Crippen LogP) is -5.23.